The Balaban J connectivity index is 3.26. The highest BCUT2D eigenvalue weighted by Gasteiger charge is 2.19. The molecule has 0 saturated heterocycles. The second kappa shape index (κ2) is 5.55. The first-order valence-corrected chi connectivity index (χ1v) is 6.73. The molecule has 0 saturated carbocycles. The fourth-order valence-corrected chi connectivity index (χ4v) is 2.70. The van der Waals surface area contributed by atoms with Crippen molar-refractivity contribution in [3.05, 3.63) is 27.2 Å². The van der Waals surface area contributed by atoms with E-state index in [1.807, 2.05) is 12.1 Å². The van der Waals surface area contributed by atoms with Crippen LogP contribution in [-0.2, 0) is 0 Å². The van der Waals surface area contributed by atoms with Crippen LogP contribution in [0.2, 0.25) is 5.02 Å². The Morgan fingerprint density at radius 3 is 2.40 bits per heavy atom. The van der Waals surface area contributed by atoms with Gasteiger partial charge in [-0.1, -0.05) is 41.4 Å². The molecule has 1 aromatic rings. The van der Waals surface area contributed by atoms with E-state index in [0.717, 1.165) is 15.8 Å². The molecule has 0 aliphatic carbocycles. The third kappa shape index (κ3) is 3.11. The first-order valence-electron chi connectivity index (χ1n) is 4.64. The van der Waals surface area contributed by atoms with E-state index < -0.39 is 0 Å². The summed E-state index contributed by atoms with van der Waals surface area (Å²) < 4.78 is 6.25. The summed E-state index contributed by atoms with van der Waals surface area (Å²) >= 11 is 13.1. The number of halogens is 3. The lowest BCUT2D eigenvalue weighted by Crippen LogP contribution is -2.02. The third-order valence-corrected chi connectivity index (χ3v) is 4.48. The van der Waals surface area contributed by atoms with Crippen LogP contribution < -0.4 is 4.74 Å². The maximum Gasteiger partial charge on any atom is 0.137 e. The van der Waals surface area contributed by atoms with Gasteiger partial charge < -0.3 is 4.74 Å². The van der Waals surface area contributed by atoms with Gasteiger partial charge in [-0.05, 0) is 34.0 Å². The van der Waals surface area contributed by atoms with E-state index in [4.69, 9.17) is 16.3 Å². The molecule has 0 bridgehead atoms. The molecule has 4 heteroatoms. The lowest BCUT2D eigenvalue weighted by Gasteiger charge is -2.18. The molecule has 1 unspecified atom stereocenters. The van der Waals surface area contributed by atoms with Crippen LogP contribution in [0.3, 0.4) is 0 Å². The minimum atomic E-state index is 0.238. The van der Waals surface area contributed by atoms with E-state index in [9.17, 15) is 0 Å². The number of alkyl halides is 1. The second-order valence-corrected chi connectivity index (χ2v) is 5.93. The Morgan fingerprint density at radius 2 is 1.93 bits per heavy atom. The minimum absolute atomic E-state index is 0.238. The highest BCUT2D eigenvalue weighted by molar-refractivity contribution is 9.10. The van der Waals surface area contributed by atoms with Gasteiger partial charge >= 0.3 is 0 Å². The molecule has 1 nitrogen and oxygen atoms in total. The molecule has 1 atom stereocenters. The number of rotatable bonds is 3. The van der Waals surface area contributed by atoms with Crippen molar-refractivity contribution in [2.75, 3.05) is 7.11 Å². The van der Waals surface area contributed by atoms with E-state index in [0.29, 0.717) is 10.9 Å². The largest absolute Gasteiger partial charge is 0.495 e. The second-order valence-electron chi connectivity index (χ2n) is 3.66. The van der Waals surface area contributed by atoms with Crippen molar-refractivity contribution < 1.29 is 4.74 Å². The standard InChI is InChI=1S/C11H13Br2ClO/c1-6(2)10(13)8-4-7(14)5-9(12)11(8)15-3/h4-6,10H,1-3H3. The van der Waals surface area contributed by atoms with Crippen molar-refractivity contribution in [3.63, 3.8) is 0 Å². The highest BCUT2D eigenvalue weighted by atomic mass is 79.9. The van der Waals surface area contributed by atoms with Crippen LogP contribution in [0.15, 0.2) is 16.6 Å². The van der Waals surface area contributed by atoms with Crippen LogP contribution in [0.25, 0.3) is 0 Å². The molecule has 1 aromatic carbocycles. The van der Waals surface area contributed by atoms with Gasteiger partial charge in [0.1, 0.15) is 5.75 Å². The number of hydrogen-bond acceptors (Lipinski definition) is 1. The molecule has 0 amide bonds. The topological polar surface area (TPSA) is 9.23 Å². The Bertz CT molecular complexity index is 353. The molecule has 15 heavy (non-hydrogen) atoms. The average Bonchev–Trinajstić information content (AvgIpc) is 2.15. The van der Waals surface area contributed by atoms with Gasteiger partial charge in [-0.25, -0.2) is 0 Å². The van der Waals surface area contributed by atoms with Crippen molar-refractivity contribution in [2.24, 2.45) is 5.92 Å². The lowest BCUT2D eigenvalue weighted by molar-refractivity contribution is 0.404. The van der Waals surface area contributed by atoms with Crippen molar-refractivity contribution >= 4 is 43.5 Å². The van der Waals surface area contributed by atoms with Crippen LogP contribution in [0.1, 0.15) is 24.2 Å². The monoisotopic (exact) mass is 354 g/mol. The lowest BCUT2D eigenvalue weighted by atomic mass is 10.0. The summed E-state index contributed by atoms with van der Waals surface area (Å²) in [7, 11) is 1.66. The highest BCUT2D eigenvalue weighted by Crippen LogP contribution is 2.42. The molecule has 0 aliphatic rings. The van der Waals surface area contributed by atoms with E-state index in [1.165, 1.54) is 0 Å². The van der Waals surface area contributed by atoms with Crippen LogP contribution in [0, 0.1) is 5.92 Å². The fraction of sp³-hybridized carbons (Fsp3) is 0.455. The summed E-state index contributed by atoms with van der Waals surface area (Å²) in [5.41, 5.74) is 1.08. The van der Waals surface area contributed by atoms with Crippen molar-refractivity contribution in [3.8, 4) is 5.75 Å². The zero-order valence-electron chi connectivity index (χ0n) is 8.85. The number of ether oxygens (including phenoxy) is 1. The summed E-state index contributed by atoms with van der Waals surface area (Å²) in [6, 6.07) is 3.77. The van der Waals surface area contributed by atoms with Gasteiger partial charge in [0.25, 0.3) is 0 Å². The number of methoxy groups -OCH3 is 1. The predicted octanol–water partition coefficient (Wildman–Crippen LogP) is 5.20. The van der Waals surface area contributed by atoms with Gasteiger partial charge in [-0.3, -0.25) is 0 Å². The van der Waals surface area contributed by atoms with E-state index >= 15 is 0 Å². The summed E-state index contributed by atoms with van der Waals surface area (Å²) in [6.07, 6.45) is 0. The molecule has 0 aliphatic heterocycles. The van der Waals surface area contributed by atoms with Gasteiger partial charge in [-0.15, -0.1) is 0 Å². The van der Waals surface area contributed by atoms with Crippen LogP contribution in [-0.4, -0.2) is 7.11 Å². The zero-order chi connectivity index (χ0) is 11.6. The molecule has 0 radical (unpaired) electrons. The van der Waals surface area contributed by atoms with Crippen molar-refractivity contribution in [1.29, 1.82) is 0 Å². The molecular formula is C11H13Br2ClO. The van der Waals surface area contributed by atoms with Crippen LogP contribution in [0.4, 0.5) is 0 Å². The van der Waals surface area contributed by atoms with Gasteiger partial charge in [0, 0.05) is 15.4 Å². The predicted molar refractivity (Wildman–Crippen MR) is 72.2 cm³/mol. The summed E-state index contributed by atoms with van der Waals surface area (Å²) in [4.78, 5) is 0.238. The van der Waals surface area contributed by atoms with E-state index in [2.05, 4.69) is 45.7 Å². The maximum atomic E-state index is 6.02. The van der Waals surface area contributed by atoms with Gasteiger partial charge in [0.2, 0.25) is 0 Å². The first-order chi connectivity index (χ1) is 6.97. The Kier molecular flexibility index (Phi) is 4.94. The first kappa shape index (κ1) is 13.3. The fourth-order valence-electron chi connectivity index (χ4n) is 1.36. The Morgan fingerprint density at radius 1 is 1.33 bits per heavy atom. The van der Waals surface area contributed by atoms with E-state index in [1.54, 1.807) is 7.11 Å². The third-order valence-electron chi connectivity index (χ3n) is 2.12. The van der Waals surface area contributed by atoms with Gasteiger partial charge in [-0.2, -0.15) is 0 Å². The molecule has 0 fully saturated rings. The Hall–Kier alpha value is 0.270. The maximum absolute atomic E-state index is 6.02. The van der Waals surface area contributed by atoms with Crippen molar-refractivity contribution in [2.45, 2.75) is 18.7 Å². The SMILES string of the molecule is COc1c(Br)cc(Cl)cc1C(Br)C(C)C. The van der Waals surface area contributed by atoms with Crippen molar-refractivity contribution in [1.82, 2.24) is 0 Å². The minimum Gasteiger partial charge on any atom is -0.495 e. The summed E-state index contributed by atoms with van der Waals surface area (Å²) in [5.74, 6) is 1.32. The molecular weight excluding hydrogens is 343 g/mol. The van der Waals surface area contributed by atoms with E-state index in [-0.39, 0.29) is 4.83 Å². The van der Waals surface area contributed by atoms with Gasteiger partial charge in [0.05, 0.1) is 11.6 Å². The molecule has 0 heterocycles. The quantitative estimate of drug-likeness (QED) is 0.676. The molecule has 1 rings (SSSR count). The molecule has 84 valence electrons. The van der Waals surface area contributed by atoms with Crippen LogP contribution in [0.5, 0.6) is 5.75 Å². The molecule has 0 spiro atoms. The Labute approximate surface area is 112 Å². The molecule has 0 N–H and O–H groups in total. The zero-order valence-corrected chi connectivity index (χ0v) is 12.8. The summed E-state index contributed by atoms with van der Waals surface area (Å²) in [5, 5.41) is 0.711. The summed E-state index contributed by atoms with van der Waals surface area (Å²) in [6.45, 7) is 4.29. The molecule has 0 aromatic heterocycles. The smallest absolute Gasteiger partial charge is 0.137 e. The van der Waals surface area contributed by atoms with Gasteiger partial charge in [0.15, 0.2) is 0 Å². The van der Waals surface area contributed by atoms with Crippen LogP contribution >= 0.6 is 43.5 Å². The number of benzene rings is 1. The average molecular weight is 356 g/mol. The number of hydrogen-bond donors (Lipinski definition) is 0. The normalized spacial score (nSPS) is 13.0.